The lowest BCUT2D eigenvalue weighted by Gasteiger charge is -2.33. The molecule has 3 aliphatic rings. The van der Waals surface area contributed by atoms with Gasteiger partial charge in [0.1, 0.15) is 6.04 Å². The van der Waals surface area contributed by atoms with Gasteiger partial charge in [0.2, 0.25) is 11.8 Å². The fourth-order valence-corrected chi connectivity index (χ4v) is 4.93. The Hall–Kier alpha value is -3.28. The third-order valence-corrected chi connectivity index (χ3v) is 6.31. The fraction of sp³-hybridized carbons (Fsp3) is 0.304. The number of likely N-dealkylation sites (tertiary alicyclic amines) is 1. The molecular formula is C23H21N3O3. The molecule has 5 rings (SSSR count). The second kappa shape index (κ2) is 6.37. The smallest absolute Gasteiger partial charge is 0.235 e. The van der Waals surface area contributed by atoms with Gasteiger partial charge in [-0.15, -0.1) is 0 Å². The number of amides is 2. The molecule has 3 heterocycles. The van der Waals surface area contributed by atoms with Gasteiger partial charge in [0.05, 0.1) is 24.1 Å². The molecule has 6 nitrogen and oxygen atoms in total. The van der Waals surface area contributed by atoms with Crippen LogP contribution < -0.4 is 0 Å². The zero-order valence-corrected chi connectivity index (χ0v) is 16.3. The second-order valence-electron chi connectivity index (χ2n) is 7.85. The summed E-state index contributed by atoms with van der Waals surface area (Å²) in [6.45, 7) is 4.06. The number of hydrogen-bond donors (Lipinski definition) is 0. The van der Waals surface area contributed by atoms with Crippen LogP contribution >= 0.6 is 0 Å². The Kier molecular flexibility index (Phi) is 3.91. The van der Waals surface area contributed by atoms with Crippen molar-refractivity contribution in [2.45, 2.75) is 25.9 Å². The zero-order valence-electron chi connectivity index (χ0n) is 16.3. The third kappa shape index (κ3) is 2.41. The number of Topliss-reactive ketones (excluding diaryl/α,β-unsaturated/α-hetero) is 1. The average Bonchev–Trinajstić information content (AvgIpc) is 3.21. The summed E-state index contributed by atoms with van der Waals surface area (Å²) in [6, 6.07) is 13.9. The molecule has 4 atom stereocenters. The first-order valence-electron chi connectivity index (χ1n) is 9.90. The Labute approximate surface area is 168 Å². The van der Waals surface area contributed by atoms with Gasteiger partial charge in [-0.2, -0.15) is 5.10 Å². The quantitative estimate of drug-likeness (QED) is 0.600. The lowest BCUT2D eigenvalue weighted by atomic mass is 9.83. The van der Waals surface area contributed by atoms with Crippen molar-refractivity contribution in [2.24, 2.45) is 16.9 Å². The molecule has 0 unspecified atom stereocenters. The van der Waals surface area contributed by atoms with Crippen LogP contribution in [0.5, 0.6) is 0 Å². The first kappa shape index (κ1) is 17.8. The van der Waals surface area contributed by atoms with Gasteiger partial charge in [-0.25, -0.2) is 0 Å². The lowest BCUT2D eigenvalue weighted by molar-refractivity contribution is -0.141. The van der Waals surface area contributed by atoms with Crippen LogP contribution in [0.3, 0.4) is 0 Å². The van der Waals surface area contributed by atoms with Crippen LogP contribution in [0.2, 0.25) is 0 Å². The first-order chi connectivity index (χ1) is 14.0. The van der Waals surface area contributed by atoms with E-state index in [0.717, 1.165) is 16.7 Å². The minimum absolute atomic E-state index is 0.168. The molecule has 2 amide bonds. The molecule has 146 valence electrons. The molecular weight excluding hydrogens is 366 g/mol. The van der Waals surface area contributed by atoms with E-state index in [2.05, 4.69) is 5.10 Å². The van der Waals surface area contributed by atoms with Gasteiger partial charge in [0.15, 0.2) is 5.78 Å². The first-order valence-corrected chi connectivity index (χ1v) is 9.90. The summed E-state index contributed by atoms with van der Waals surface area (Å²) in [7, 11) is 0. The Bertz CT molecular complexity index is 1060. The number of ketones is 1. The van der Waals surface area contributed by atoms with Crippen LogP contribution in [0, 0.1) is 18.8 Å². The van der Waals surface area contributed by atoms with E-state index in [4.69, 9.17) is 0 Å². The highest BCUT2D eigenvalue weighted by Gasteiger charge is 2.64. The van der Waals surface area contributed by atoms with Gasteiger partial charge in [-0.05, 0) is 25.0 Å². The van der Waals surface area contributed by atoms with E-state index in [1.54, 1.807) is 30.3 Å². The number of carbonyl (C=O) groups is 3. The Morgan fingerprint density at radius 3 is 2.41 bits per heavy atom. The number of aryl methyl sites for hydroxylation is 1. The molecule has 0 spiro atoms. The van der Waals surface area contributed by atoms with Crippen LogP contribution in [0.15, 0.2) is 53.6 Å². The van der Waals surface area contributed by atoms with Crippen LogP contribution in [-0.2, 0) is 9.59 Å². The summed E-state index contributed by atoms with van der Waals surface area (Å²) in [5.74, 6) is -1.96. The Balaban J connectivity index is 1.65. The minimum Gasteiger partial charge on any atom is -0.292 e. The molecule has 2 aromatic rings. The molecule has 6 heteroatoms. The molecule has 0 radical (unpaired) electrons. The molecule has 3 aliphatic heterocycles. The number of rotatable bonds is 3. The molecule has 29 heavy (non-hydrogen) atoms. The molecule has 0 bridgehead atoms. The Morgan fingerprint density at radius 1 is 1.00 bits per heavy atom. The number of fused-ring (bicyclic) bond motifs is 5. The van der Waals surface area contributed by atoms with Crippen molar-refractivity contribution in [3.8, 4) is 0 Å². The molecule has 0 saturated carbocycles. The Morgan fingerprint density at radius 2 is 1.69 bits per heavy atom. The van der Waals surface area contributed by atoms with Crippen LogP contribution in [0.4, 0.5) is 0 Å². The minimum atomic E-state index is -0.787. The molecule has 2 saturated heterocycles. The monoisotopic (exact) mass is 387 g/mol. The van der Waals surface area contributed by atoms with Gasteiger partial charge in [0.25, 0.3) is 0 Å². The van der Waals surface area contributed by atoms with Crippen molar-refractivity contribution in [2.75, 3.05) is 6.54 Å². The summed E-state index contributed by atoms with van der Waals surface area (Å²) in [4.78, 5) is 41.1. The van der Waals surface area contributed by atoms with Crippen molar-refractivity contribution < 1.29 is 14.4 Å². The van der Waals surface area contributed by atoms with Gasteiger partial charge in [0, 0.05) is 12.1 Å². The van der Waals surface area contributed by atoms with Crippen LogP contribution in [0.25, 0.3) is 0 Å². The average molecular weight is 387 g/mol. The van der Waals surface area contributed by atoms with Crippen molar-refractivity contribution in [3.05, 3.63) is 70.8 Å². The fourth-order valence-electron chi connectivity index (χ4n) is 4.93. The number of hydrazone groups is 1. The molecule has 0 aliphatic carbocycles. The topological polar surface area (TPSA) is 70.1 Å². The van der Waals surface area contributed by atoms with Gasteiger partial charge >= 0.3 is 0 Å². The predicted octanol–water partition coefficient (Wildman–Crippen LogP) is 2.57. The number of nitrogens with zero attached hydrogens (tertiary/aromatic N) is 3. The van der Waals surface area contributed by atoms with E-state index < -0.39 is 23.9 Å². The number of benzene rings is 2. The molecule has 0 aromatic heterocycles. The summed E-state index contributed by atoms with van der Waals surface area (Å²) in [5.41, 5.74) is 3.45. The highest BCUT2D eigenvalue weighted by molar-refractivity contribution is 6.12. The largest absolute Gasteiger partial charge is 0.292 e. The van der Waals surface area contributed by atoms with Crippen molar-refractivity contribution in [3.63, 3.8) is 0 Å². The highest BCUT2D eigenvalue weighted by Crippen LogP contribution is 2.52. The van der Waals surface area contributed by atoms with E-state index in [1.807, 2.05) is 43.3 Å². The molecule has 0 N–H and O–H groups in total. The van der Waals surface area contributed by atoms with E-state index in [-0.39, 0.29) is 17.6 Å². The summed E-state index contributed by atoms with van der Waals surface area (Å²) < 4.78 is 0. The highest BCUT2D eigenvalue weighted by atomic mass is 16.2. The van der Waals surface area contributed by atoms with E-state index >= 15 is 0 Å². The van der Waals surface area contributed by atoms with Gasteiger partial charge < -0.3 is 0 Å². The van der Waals surface area contributed by atoms with Crippen molar-refractivity contribution in [1.29, 1.82) is 0 Å². The standard InChI is InChI=1S/C23H21N3O3/c1-3-25-22(28)17-18(23(25)29)20(21(27)14-10-8-13(2)9-11-14)26-19(17)16-7-5-4-6-15(16)12-24-26/h4-12,17-20H,3H2,1-2H3/t17-,18+,19+,20-/m0/s1. The summed E-state index contributed by atoms with van der Waals surface area (Å²) >= 11 is 0. The van der Waals surface area contributed by atoms with E-state index in [0.29, 0.717) is 12.1 Å². The van der Waals surface area contributed by atoms with E-state index in [9.17, 15) is 14.4 Å². The third-order valence-electron chi connectivity index (χ3n) is 6.31. The second-order valence-corrected chi connectivity index (χ2v) is 7.85. The maximum absolute atomic E-state index is 13.5. The van der Waals surface area contributed by atoms with Gasteiger partial charge in [-0.1, -0.05) is 54.1 Å². The predicted molar refractivity (Wildman–Crippen MR) is 107 cm³/mol. The van der Waals surface area contributed by atoms with Crippen LogP contribution in [0.1, 0.15) is 40.0 Å². The number of imide groups is 1. The van der Waals surface area contributed by atoms with Crippen molar-refractivity contribution in [1.82, 2.24) is 9.91 Å². The van der Waals surface area contributed by atoms with Gasteiger partial charge in [-0.3, -0.25) is 24.3 Å². The number of hydrogen-bond acceptors (Lipinski definition) is 5. The maximum Gasteiger partial charge on any atom is 0.235 e. The lowest BCUT2D eigenvalue weighted by Crippen LogP contribution is -2.44. The number of carbonyl (C=O) groups excluding carboxylic acids is 3. The molecule has 2 fully saturated rings. The molecule has 2 aromatic carbocycles. The summed E-state index contributed by atoms with van der Waals surface area (Å²) in [5, 5.41) is 6.24. The van der Waals surface area contributed by atoms with Crippen LogP contribution in [-0.4, -0.2) is 46.3 Å². The van der Waals surface area contributed by atoms with E-state index in [1.165, 1.54) is 4.90 Å². The SMILES string of the molecule is CCN1C(=O)[C@@H]2[C@H](C1=O)[C@H]1c3ccccc3C=NN1[C@@H]2C(=O)c1ccc(C)cc1. The normalized spacial score (nSPS) is 27.1. The van der Waals surface area contributed by atoms with Crippen molar-refractivity contribution >= 4 is 23.8 Å². The zero-order chi connectivity index (χ0) is 20.3. The summed E-state index contributed by atoms with van der Waals surface area (Å²) in [6.07, 6.45) is 1.72. The maximum atomic E-state index is 13.5.